The zero-order valence-electron chi connectivity index (χ0n) is 19.5. The number of likely N-dealkylation sites (N-methyl/N-ethyl adjacent to an activating group) is 1. The maximum absolute atomic E-state index is 13.1. The average Bonchev–Trinajstić information content (AvgIpc) is 2.98. The molecule has 0 bridgehead atoms. The van der Waals surface area contributed by atoms with Crippen molar-refractivity contribution in [2.24, 2.45) is 7.05 Å². The minimum atomic E-state index is -0.117. The summed E-state index contributed by atoms with van der Waals surface area (Å²) in [4.78, 5) is 17.7. The number of benzene rings is 1. The normalized spacial score (nSPS) is 17.6. The summed E-state index contributed by atoms with van der Waals surface area (Å²) in [6.45, 7) is 10.6. The highest BCUT2D eigenvalue weighted by Gasteiger charge is 2.25. The van der Waals surface area contributed by atoms with Crippen LogP contribution in [0.4, 0.5) is 5.95 Å². The van der Waals surface area contributed by atoms with Crippen LogP contribution >= 0.6 is 0 Å². The molecule has 0 radical (unpaired) electrons. The fraction of sp³-hybridized carbons (Fsp3) is 0.440. The highest BCUT2D eigenvalue weighted by Crippen LogP contribution is 2.27. The first kappa shape index (κ1) is 22.0. The summed E-state index contributed by atoms with van der Waals surface area (Å²) in [5.41, 5.74) is 7.74. The molecule has 30 heavy (non-hydrogen) atoms. The van der Waals surface area contributed by atoms with E-state index in [2.05, 4.69) is 58.2 Å². The van der Waals surface area contributed by atoms with E-state index in [1.165, 1.54) is 22.3 Å². The fourth-order valence-corrected chi connectivity index (χ4v) is 4.07. The first-order valence-electron chi connectivity index (χ1n) is 10.7. The van der Waals surface area contributed by atoms with Gasteiger partial charge in [0.05, 0.1) is 31.7 Å². The number of anilines is 1. The molecule has 0 spiro atoms. The molecule has 1 aromatic carbocycles. The first-order chi connectivity index (χ1) is 14.1. The SMILES string of the molecule is CC/C=C(\C=C(/C)C1=C(C)CC[N+](C)(C)C1)C(=O)Nc1nc2ccc(C)cc2n1C. The third-order valence-electron chi connectivity index (χ3n) is 5.99. The van der Waals surface area contributed by atoms with E-state index in [0.29, 0.717) is 11.5 Å². The molecule has 1 amide bonds. The average molecular weight is 408 g/mol. The van der Waals surface area contributed by atoms with Crippen molar-refractivity contribution in [1.82, 2.24) is 9.55 Å². The smallest absolute Gasteiger partial charge is 0.257 e. The molecule has 0 aliphatic carbocycles. The van der Waals surface area contributed by atoms with Gasteiger partial charge >= 0.3 is 0 Å². The number of allylic oxidation sites excluding steroid dienone is 1. The molecule has 0 fully saturated rings. The Morgan fingerprint density at radius 2 is 2.03 bits per heavy atom. The number of quaternary nitrogens is 1. The van der Waals surface area contributed by atoms with Crippen LogP contribution < -0.4 is 5.32 Å². The molecule has 160 valence electrons. The predicted molar refractivity (Wildman–Crippen MR) is 125 cm³/mol. The Morgan fingerprint density at radius 1 is 1.30 bits per heavy atom. The molecule has 2 heterocycles. The van der Waals surface area contributed by atoms with E-state index in [0.717, 1.165) is 41.4 Å². The highest BCUT2D eigenvalue weighted by molar-refractivity contribution is 6.05. The van der Waals surface area contributed by atoms with Crippen LogP contribution in [0.25, 0.3) is 11.0 Å². The van der Waals surface area contributed by atoms with E-state index in [1.807, 2.05) is 35.9 Å². The Hall–Kier alpha value is -2.66. The summed E-state index contributed by atoms with van der Waals surface area (Å²) in [6, 6.07) is 6.12. The van der Waals surface area contributed by atoms with Crippen LogP contribution in [-0.4, -0.2) is 47.1 Å². The summed E-state index contributed by atoms with van der Waals surface area (Å²) in [5.74, 6) is 0.452. The molecule has 0 saturated carbocycles. The van der Waals surface area contributed by atoms with E-state index >= 15 is 0 Å². The quantitative estimate of drug-likeness (QED) is 0.435. The minimum absolute atomic E-state index is 0.117. The van der Waals surface area contributed by atoms with Gasteiger partial charge in [-0.25, -0.2) is 4.98 Å². The third-order valence-corrected chi connectivity index (χ3v) is 5.99. The molecule has 3 rings (SSSR count). The van der Waals surface area contributed by atoms with E-state index in [9.17, 15) is 4.79 Å². The number of aromatic nitrogens is 2. The van der Waals surface area contributed by atoms with Crippen molar-refractivity contribution in [2.45, 2.75) is 40.5 Å². The second kappa shape index (κ2) is 8.60. The zero-order valence-corrected chi connectivity index (χ0v) is 19.5. The topological polar surface area (TPSA) is 46.9 Å². The minimum Gasteiger partial charge on any atom is -0.324 e. The van der Waals surface area contributed by atoms with E-state index in [-0.39, 0.29) is 5.91 Å². The maximum atomic E-state index is 13.1. The van der Waals surface area contributed by atoms with Crippen LogP contribution in [0, 0.1) is 6.92 Å². The van der Waals surface area contributed by atoms with Crippen molar-refractivity contribution in [3.63, 3.8) is 0 Å². The van der Waals surface area contributed by atoms with E-state index in [1.54, 1.807) is 0 Å². The fourth-order valence-electron chi connectivity index (χ4n) is 4.07. The highest BCUT2D eigenvalue weighted by atomic mass is 16.1. The van der Waals surface area contributed by atoms with E-state index in [4.69, 9.17) is 0 Å². The van der Waals surface area contributed by atoms with E-state index < -0.39 is 0 Å². The van der Waals surface area contributed by atoms with Crippen LogP contribution in [-0.2, 0) is 11.8 Å². The lowest BCUT2D eigenvalue weighted by molar-refractivity contribution is -0.887. The molecule has 0 unspecified atom stereocenters. The Morgan fingerprint density at radius 3 is 2.73 bits per heavy atom. The van der Waals surface area contributed by atoms with Crippen molar-refractivity contribution in [2.75, 3.05) is 32.5 Å². The third kappa shape index (κ3) is 4.73. The van der Waals surface area contributed by atoms with Crippen LogP contribution in [0.2, 0.25) is 0 Å². The number of amides is 1. The molecule has 2 aromatic rings. The number of hydrogen-bond acceptors (Lipinski definition) is 2. The number of nitrogens with zero attached hydrogens (tertiary/aromatic N) is 3. The standard InChI is InChI=1S/C25H34N4O/c1-8-9-20(15-19(4)21-16-29(6,7)13-12-18(21)3)24(30)27-25-26-22-11-10-17(2)14-23(22)28(25)5/h9-11,14-15H,8,12-13,16H2,1-7H3/p+1/b19-15+,20-9+. The molecule has 5 heteroatoms. The number of aryl methyl sites for hydroxylation is 2. The first-order valence-corrected chi connectivity index (χ1v) is 10.7. The monoisotopic (exact) mass is 407 g/mol. The number of hydrogen-bond donors (Lipinski definition) is 1. The number of carbonyl (C=O) groups is 1. The van der Waals surface area contributed by atoms with Gasteiger partial charge in [0.2, 0.25) is 5.95 Å². The Labute approximate surface area is 180 Å². The molecule has 0 saturated heterocycles. The number of imidazole rings is 1. The lowest BCUT2D eigenvalue weighted by atomic mass is 9.93. The summed E-state index contributed by atoms with van der Waals surface area (Å²) in [6.07, 6.45) is 5.93. The van der Waals surface area contributed by atoms with Crippen molar-refractivity contribution in [3.05, 3.63) is 58.2 Å². The summed E-state index contributed by atoms with van der Waals surface area (Å²) < 4.78 is 2.92. The van der Waals surface area contributed by atoms with Crippen molar-refractivity contribution in [3.8, 4) is 0 Å². The van der Waals surface area contributed by atoms with Crippen LogP contribution in [0.5, 0.6) is 0 Å². The molecule has 1 aliphatic heterocycles. The molecule has 1 aromatic heterocycles. The number of carbonyl (C=O) groups excluding carboxylic acids is 1. The van der Waals surface area contributed by atoms with Gasteiger partial charge in [-0.3, -0.25) is 10.1 Å². The number of fused-ring (bicyclic) bond motifs is 1. The maximum Gasteiger partial charge on any atom is 0.257 e. The number of rotatable bonds is 5. The van der Waals surface area contributed by atoms with Gasteiger partial charge < -0.3 is 9.05 Å². The molecular weight excluding hydrogens is 372 g/mol. The molecule has 5 nitrogen and oxygen atoms in total. The lowest BCUT2D eigenvalue weighted by Gasteiger charge is -2.36. The summed E-state index contributed by atoms with van der Waals surface area (Å²) in [7, 11) is 6.47. The van der Waals surface area contributed by atoms with Gasteiger partial charge in [-0.15, -0.1) is 0 Å². The van der Waals surface area contributed by atoms with Crippen LogP contribution in [0.1, 0.15) is 39.2 Å². The molecule has 0 atom stereocenters. The van der Waals surface area contributed by atoms with Gasteiger partial charge in [-0.1, -0.05) is 24.6 Å². The van der Waals surface area contributed by atoms with Gasteiger partial charge in [0.1, 0.15) is 6.54 Å². The number of nitrogens with one attached hydrogen (secondary N) is 1. The molecular formula is C25H35N4O+. The van der Waals surface area contributed by atoms with Gasteiger partial charge in [0, 0.05) is 24.6 Å². The van der Waals surface area contributed by atoms with Crippen molar-refractivity contribution >= 4 is 22.9 Å². The van der Waals surface area contributed by atoms with Gasteiger partial charge in [-0.05, 0) is 56.5 Å². The van der Waals surface area contributed by atoms with Gasteiger partial charge in [0.25, 0.3) is 5.91 Å². The summed E-state index contributed by atoms with van der Waals surface area (Å²) >= 11 is 0. The molecule has 1 N–H and O–H groups in total. The summed E-state index contributed by atoms with van der Waals surface area (Å²) in [5, 5.41) is 3.02. The van der Waals surface area contributed by atoms with Crippen LogP contribution in [0.15, 0.2) is 52.6 Å². The Balaban J connectivity index is 1.88. The molecule has 1 aliphatic rings. The second-order valence-electron chi connectivity index (χ2n) is 9.16. The van der Waals surface area contributed by atoms with Crippen molar-refractivity contribution < 1.29 is 9.28 Å². The Bertz CT molecular complexity index is 1070. The predicted octanol–water partition coefficient (Wildman–Crippen LogP) is 4.90. The van der Waals surface area contributed by atoms with Gasteiger partial charge in [-0.2, -0.15) is 0 Å². The second-order valence-corrected chi connectivity index (χ2v) is 9.16. The van der Waals surface area contributed by atoms with Gasteiger partial charge in [0.15, 0.2) is 0 Å². The van der Waals surface area contributed by atoms with Crippen molar-refractivity contribution in [1.29, 1.82) is 0 Å². The van der Waals surface area contributed by atoms with Crippen LogP contribution in [0.3, 0.4) is 0 Å². The Kier molecular flexibility index (Phi) is 6.32. The largest absolute Gasteiger partial charge is 0.324 e. The lowest BCUT2D eigenvalue weighted by Crippen LogP contribution is -2.45. The zero-order chi connectivity index (χ0) is 22.1.